The van der Waals surface area contributed by atoms with Gasteiger partial charge >= 0.3 is 0 Å². The van der Waals surface area contributed by atoms with Crippen LogP contribution >= 0.6 is 0 Å². The largest absolute Gasteiger partial charge is 0.396 e. The van der Waals surface area contributed by atoms with Gasteiger partial charge in [-0.15, -0.1) is 0 Å². The predicted octanol–water partition coefficient (Wildman–Crippen LogP) is 0.800. The van der Waals surface area contributed by atoms with E-state index >= 15 is 0 Å². The Bertz CT molecular complexity index is 149. The van der Waals surface area contributed by atoms with Crippen LogP contribution in [-0.2, 0) is 0 Å². The number of hydrogen-bond acceptors (Lipinski definition) is 2. The molecule has 3 heteroatoms. The number of piperidine rings is 1. The van der Waals surface area contributed by atoms with E-state index in [9.17, 15) is 0 Å². The monoisotopic (exact) mass is 167 g/mol. The molecule has 1 saturated heterocycles. The average Bonchev–Trinajstić information content (AvgIpc) is 1.94. The second-order valence-electron chi connectivity index (χ2n) is 4.46. The Hall–Kier alpha value is -0.0151. The fraction of sp³-hybridized carbons (Fsp3) is 1.00. The van der Waals surface area contributed by atoms with Gasteiger partial charge in [-0.1, -0.05) is 13.8 Å². The van der Waals surface area contributed by atoms with Crippen molar-refractivity contribution in [1.82, 2.24) is 4.81 Å². The van der Waals surface area contributed by atoms with Crippen molar-refractivity contribution in [3.63, 3.8) is 0 Å². The molecule has 1 heterocycles. The molecule has 1 aliphatic heterocycles. The summed E-state index contributed by atoms with van der Waals surface area (Å²) in [7, 11) is 5.74. The van der Waals surface area contributed by atoms with Crippen molar-refractivity contribution in [2.24, 2.45) is 11.3 Å². The smallest absolute Gasteiger partial charge is 0.182 e. The summed E-state index contributed by atoms with van der Waals surface area (Å²) >= 11 is 0. The molecule has 1 atom stereocenters. The first kappa shape index (κ1) is 10.1. The Morgan fingerprint density at radius 3 is 2.75 bits per heavy atom. The molecule has 1 aliphatic rings. The third-order valence-corrected chi connectivity index (χ3v) is 2.96. The Kier molecular flexibility index (Phi) is 3.19. The first-order valence-corrected chi connectivity index (χ1v) is 4.67. The van der Waals surface area contributed by atoms with Gasteiger partial charge in [0.25, 0.3) is 0 Å². The molecule has 0 aliphatic carbocycles. The molecule has 0 saturated carbocycles. The Morgan fingerprint density at radius 1 is 1.58 bits per heavy atom. The van der Waals surface area contributed by atoms with Crippen molar-refractivity contribution in [2.45, 2.75) is 26.7 Å². The highest BCUT2D eigenvalue weighted by Gasteiger charge is 2.33. The lowest BCUT2D eigenvalue weighted by atomic mass is 9.72. The maximum Gasteiger partial charge on any atom is 0.182 e. The van der Waals surface area contributed by atoms with Crippen LogP contribution in [0.3, 0.4) is 0 Å². The highest BCUT2D eigenvalue weighted by molar-refractivity contribution is 6.04. The van der Waals surface area contributed by atoms with Gasteiger partial charge in [0.1, 0.15) is 0 Å². The second kappa shape index (κ2) is 3.80. The molecule has 1 fully saturated rings. The summed E-state index contributed by atoms with van der Waals surface area (Å²) < 4.78 is 0. The molecule has 0 aromatic rings. The van der Waals surface area contributed by atoms with Crippen LogP contribution in [0.1, 0.15) is 26.7 Å². The molecule has 12 heavy (non-hydrogen) atoms. The predicted molar refractivity (Wildman–Crippen MR) is 50.9 cm³/mol. The van der Waals surface area contributed by atoms with Crippen LogP contribution in [0.25, 0.3) is 0 Å². The summed E-state index contributed by atoms with van der Waals surface area (Å²) in [5.41, 5.74) is 0.260. The SMILES string of the molecule is [B]N1CCC(CCO)C(C)(C)C1. The first-order chi connectivity index (χ1) is 5.56. The maximum atomic E-state index is 8.87. The molecule has 0 aromatic carbocycles. The quantitative estimate of drug-likeness (QED) is 0.615. The summed E-state index contributed by atoms with van der Waals surface area (Å²) in [5.74, 6) is 0.627. The summed E-state index contributed by atoms with van der Waals surface area (Å²) in [6, 6.07) is 0. The summed E-state index contributed by atoms with van der Waals surface area (Å²) in [4.78, 5) is 1.88. The van der Waals surface area contributed by atoms with Crippen molar-refractivity contribution < 1.29 is 5.11 Å². The minimum Gasteiger partial charge on any atom is -0.396 e. The minimum atomic E-state index is 0.260. The number of hydrogen-bond donors (Lipinski definition) is 1. The minimum absolute atomic E-state index is 0.260. The zero-order valence-corrected chi connectivity index (χ0v) is 8.08. The highest BCUT2D eigenvalue weighted by Crippen LogP contribution is 2.35. The lowest BCUT2D eigenvalue weighted by Gasteiger charge is -2.43. The van der Waals surface area contributed by atoms with Crippen LogP contribution in [0.2, 0.25) is 0 Å². The Balaban J connectivity index is 2.51. The van der Waals surface area contributed by atoms with Crippen LogP contribution in [0.15, 0.2) is 0 Å². The van der Waals surface area contributed by atoms with E-state index in [0.29, 0.717) is 12.5 Å². The van der Waals surface area contributed by atoms with Crippen LogP contribution in [0.4, 0.5) is 0 Å². The van der Waals surface area contributed by atoms with Crippen molar-refractivity contribution >= 4 is 7.98 Å². The third-order valence-electron chi connectivity index (χ3n) is 2.96. The van der Waals surface area contributed by atoms with Crippen LogP contribution in [0, 0.1) is 11.3 Å². The molecule has 0 spiro atoms. The van der Waals surface area contributed by atoms with Gasteiger partial charge in [-0.2, -0.15) is 0 Å². The van der Waals surface area contributed by atoms with E-state index < -0.39 is 0 Å². The molecular weight excluding hydrogens is 149 g/mol. The topological polar surface area (TPSA) is 23.5 Å². The van der Waals surface area contributed by atoms with E-state index in [2.05, 4.69) is 13.8 Å². The van der Waals surface area contributed by atoms with Crippen molar-refractivity contribution in [3.05, 3.63) is 0 Å². The van der Waals surface area contributed by atoms with Gasteiger partial charge in [-0.05, 0) is 37.3 Å². The summed E-state index contributed by atoms with van der Waals surface area (Å²) in [6.45, 7) is 6.67. The lowest BCUT2D eigenvalue weighted by Crippen LogP contribution is -2.44. The first-order valence-electron chi connectivity index (χ1n) is 4.67. The molecule has 0 amide bonds. The molecular formula is C9H18BNO. The zero-order chi connectivity index (χ0) is 9.19. The van der Waals surface area contributed by atoms with Gasteiger partial charge in [0.15, 0.2) is 7.98 Å². The molecule has 68 valence electrons. The summed E-state index contributed by atoms with van der Waals surface area (Å²) in [5, 5.41) is 8.87. The van der Waals surface area contributed by atoms with Gasteiger partial charge in [-0.25, -0.2) is 0 Å². The fourth-order valence-corrected chi connectivity index (χ4v) is 2.13. The highest BCUT2D eigenvalue weighted by atomic mass is 16.3. The van der Waals surface area contributed by atoms with Gasteiger partial charge in [-0.3, -0.25) is 0 Å². The van der Waals surface area contributed by atoms with E-state index in [1.165, 1.54) is 0 Å². The number of aliphatic hydroxyl groups excluding tert-OH is 1. The van der Waals surface area contributed by atoms with E-state index in [1.54, 1.807) is 0 Å². The fourth-order valence-electron chi connectivity index (χ4n) is 2.13. The molecule has 0 aromatic heterocycles. The molecule has 0 bridgehead atoms. The molecule has 1 unspecified atom stereocenters. The van der Waals surface area contributed by atoms with E-state index in [4.69, 9.17) is 13.1 Å². The maximum absolute atomic E-state index is 8.87. The third kappa shape index (κ3) is 2.24. The van der Waals surface area contributed by atoms with E-state index in [-0.39, 0.29) is 5.41 Å². The van der Waals surface area contributed by atoms with Crippen molar-refractivity contribution in [1.29, 1.82) is 0 Å². The number of nitrogens with zero attached hydrogens (tertiary/aromatic N) is 1. The van der Waals surface area contributed by atoms with Crippen LogP contribution in [-0.4, -0.2) is 37.6 Å². The number of aliphatic hydroxyl groups is 1. The van der Waals surface area contributed by atoms with Crippen molar-refractivity contribution in [3.8, 4) is 0 Å². The number of rotatable bonds is 2. The Morgan fingerprint density at radius 2 is 2.25 bits per heavy atom. The standard InChI is InChI=1S/C9H18BNO/c1-9(2)7-11(10)5-3-8(9)4-6-12/h8,12H,3-7H2,1-2H3. The zero-order valence-electron chi connectivity index (χ0n) is 8.08. The molecule has 2 nitrogen and oxygen atoms in total. The molecule has 2 radical (unpaired) electrons. The lowest BCUT2D eigenvalue weighted by molar-refractivity contribution is 0.0814. The van der Waals surface area contributed by atoms with Crippen LogP contribution < -0.4 is 0 Å². The average molecular weight is 167 g/mol. The van der Waals surface area contributed by atoms with Gasteiger partial charge in [0, 0.05) is 6.61 Å². The van der Waals surface area contributed by atoms with Crippen LogP contribution in [0.5, 0.6) is 0 Å². The summed E-state index contributed by atoms with van der Waals surface area (Å²) in [6.07, 6.45) is 2.03. The van der Waals surface area contributed by atoms with Gasteiger partial charge in [0.2, 0.25) is 0 Å². The van der Waals surface area contributed by atoms with Gasteiger partial charge < -0.3 is 9.92 Å². The van der Waals surface area contributed by atoms with E-state index in [1.807, 2.05) is 4.81 Å². The van der Waals surface area contributed by atoms with Gasteiger partial charge in [0.05, 0.1) is 0 Å². The van der Waals surface area contributed by atoms with E-state index in [0.717, 1.165) is 25.9 Å². The second-order valence-corrected chi connectivity index (χ2v) is 4.46. The molecule has 1 N–H and O–H groups in total. The molecule has 1 rings (SSSR count). The van der Waals surface area contributed by atoms with Crippen molar-refractivity contribution in [2.75, 3.05) is 19.7 Å². The normalized spacial score (nSPS) is 30.4. The Labute approximate surface area is 76.4 Å².